The number of rotatable bonds is 3. The maximum Gasteiger partial charge on any atom is 0.238 e. The zero-order chi connectivity index (χ0) is 15.8. The highest BCUT2D eigenvalue weighted by Crippen LogP contribution is 2.39. The Kier molecular flexibility index (Phi) is 4.36. The van der Waals surface area contributed by atoms with Crippen molar-refractivity contribution >= 4 is 15.7 Å². The van der Waals surface area contributed by atoms with Crippen LogP contribution in [0.5, 0.6) is 0 Å². The lowest BCUT2D eigenvalue weighted by atomic mass is 9.70. The monoisotopic (exact) mass is 310 g/mol. The van der Waals surface area contributed by atoms with Crippen LogP contribution in [0.4, 0.5) is 5.69 Å². The van der Waals surface area contributed by atoms with Crippen LogP contribution >= 0.6 is 0 Å². The molecule has 1 fully saturated rings. The fraction of sp³-hybridized carbons (Fsp3) is 0.625. The summed E-state index contributed by atoms with van der Waals surface area (Å²) in [6, 6.07) is 5.76. The van der Waals surface area contributed by atoms with Crippen molar-refractivity contribution in [2.75, 3.05) is 5.32 Å². The van der Waals surface area contributed by atoms with Gasteiger partial charge in [0, 0.05) is 11.7 Å². The van der Waals surface area contributed by atoms with E-state index in [0.717, 1.165) is 18.5 Å². The van der Waals surface area contributed by atoms with Crippen LogP contribution in [0, 0.1) is 18.3 Å². The number of aryl methyl sites for hydroxylation is 1. The second-order valence-corrected chi connectivity index (χ2v) is 8.81. The predicted octanol–water partition coefficient (Wildman–Crippen LogP) is 3.27. The average molecular weight is 310 g/mol. The molecule has 1 aliphatic rings. The maximum atomic E-state index is 11.6. The Morgan fingerprint density at radius 3 is 2.52 bits per heavy atom. The first-order chi connectivity index (χ1) is 9.57. The largest absolute Gasteiger partial charge is 0.382 e. The number of hydrogen-bond acceptors (Lipinski definition) is 3. The molecule has 0 bridgehead atoms. The first kappa shape index (κ1) is 16.3. The summed E-state index contributed by atoms with van der Waals surface area (Å²) < 4.78 is 23.2. The molecule has 2 rings (SSSR count). The molecule has 1 saturated carbocycles. The van der Waals surface area contributed by atoms with Gasteiger partial charge in [-0.25, -0.2) is 13.6 Å². The molecule has 0 radical (unpaired) electrons. The van der Waals surface area contributed by atoms with Gasteiger partial charge in [0.15, 0.2) is 0 Å². The SMILES string of the molecule is Cc1ccc(NC2CC(C)CC(C)(C)C2)cc1S(N)(=O)=O. The first-order valence-electron chi connectivity index (χ1n) is 7.47. The molecular formula is C16H26N2O2S. The number of nitrogens with two attached hydrogens (primary N) is 1. The van der Waals surface area contributed by atoms with Crippen LogP contribution < -0.4 is 10.5 Å². The van der Waals surface area contributed by atoms with E-state index in [-0.39, 0.29) is 4.90 Å². The van der Waals surface area contributed by atoms with E-state index < -0.39 is 10.0 Å². The van der Waals surface area contributed by atoms with Gasteiger partial charge in [-0.2, -0.15) is 0 Å². The third-order valence-electron chi connectivity index (χ3n) is 4.25. The van der Waals surface area contributed by atoms with Gasteiger partial charge >= 0.3 is 0 Å². The van der Waals surface area contributed by atoms with Crippen molar-refractivity contribution in [2.45, 2.75) is 57.9 Å². The molecule has 0 heterocycles. The number of primary sulfonamides is 1. The van der Waals surface area contributed by atoms with Gasteiger partial charge in [0.1, 0.15) is 0 Å². The highest BCUT2D eigenvalue weighted by molar-refractivity contribution is 7.89. The van der Waals surface area contributed by atoms with Crippen molar-refractivity contribution in [3.05, 3.63) is 23.8 Å². The summed E-state index contributed by atoms with van der Waals surface area (Å²) in [5.74, 6) is 0.675. The third kappa shape index (κ3) is 4.20. The maximum absolute atomic E-state index is 11.6. The summed E-state index contributed by atoms with van der Waals surface area (Å²) in [6.45, 7) is 8.63. The molecule has 0 amide bonds. The van der Waals surface area contributed by atoms with Crippen molar-refractivity contribution in [1.82, 2.24) is 0 Å². The smallest absolute Gasteiger partial charge is 0.238 e. The van der Waals surface area contributed by atoms with Crippen LogP contribution in [0.2, 0.25) is 0 Å². The molecule has 2 unspecified atom stereocenters. The van der Waals surface area contributed by atoms with Crippen LogP contribution in [-0.4, -0.2) is 14.5 Å². The molecule has 5 heteroatoms. The predicted molar refractivity (Wildman–Crippen MR) is 86.8 cm³/mol. The fourth-order valence-corrected chi connectivity index (χ4v) is 4.50. The topological polar surface area (TPSA) is 72.2 Å². The van der Waals surface area contributed by atoms with Gasteiger partial charge in [-0.05, 0) is 55.2 Å². The standard InChI is InChI=1S/C16H26N2O2S/c1-11-7-14(10-16(3,4)9-11)18-13-6-5-12(2)15(8-13)21(17,19)20/h5-6,8,11,14,18H,7,9-10H2,1-4H3,(H2,17,19,20). The van der Waals surface area contributed by atoms with Crippen molar-refractivity contribution in [3.8, 4) is 0 Å². The van der Waals surface area contributed by atoms with Crippen molar-refractivity contribution in [3.63, 3.8) is 0 Å². The average Bonchev–Trinajstić information content (AvgIpc) is 2.27. The molecule has 1 aliphatic carbocycles. The molecule has 0 aliphatic heterocycles. The number of benzene rings is 1. The first-order valence-corrected chi connectivity index (χ1v) is 9.01. The van der Waals surface area contributed by atoms with E-state index in [1.165, 1.54) is 6.42 Å². The van der Waals surface area contributed by atoms with Crippen LogP contribution in [-0.2, 0) is 10.0 Å². The lowest BCUT2D eigenvalue weighted by Gasteiger charge is -2.39. The summed E-state index contributed by atoms with van der Waals surface area (Å²) >= 11 is 0. The van der Waals surface area contributed by atoms with E-state index in [9.17, 15) is 8.42 Å². The molecule has 0 aromatic heterocycles. The molecule has 118 valence electrons. The number of sulfonamides is 1. The van der Waals surface area contributed by atoms with E-state index in [1.54, 1.807) is 19.1 Å². The zero-order valence-electron chi connectivity index (χ0n) is 13.3. The van der Waals surface area contributed by atoms with Crippen molar-refractivity contribution in [2.24, 2.45) is 16.5 Å². The summed E-state index contributed by atoms with van der Waals surface area (Å²) in [7, 11) is -3.67. The second kappa shape index (κ2) is 5.61. The molecule has 3 N–H and O–H groups in total. The van der Waals surface area contributed by atoms with Crippen molar-refractivity contribution in [1.29, 1.82) is 0 Å². The Bertz CT molecular complexity index is 623. The molecule has 0 saturated heterocycles. The Morgan fingerprint density at radius 2 is 1.95 bits per heavy atom. The Hall–Kier alpha value is -1.07. The van der Waals surface area contributed by atoms with Gasteiger partial charge < -0.3 is 5.32 Å². The lowest BCUT2D eigenvalue weighted by Crippen LogP contribution is -2.35. The minimum absolute atomic E-state index is 0.204. The Labute approximate surface area is 128 Å². The Morgan fingerprint density at radius 1 is 1.29 bits per heavy atom. The highest BCUT2D eigenvalue weighted by atomic mass is 32.2. The second-order valence-electron chi connectivity index (χ2n) is 7.28. The highest BCUT2D eigenvalue weighted by Gasteiger charge is 2.32. The van der Waals surface area contributed by atoms with E-state index in [4.69, 9.17) is 5.14 Å². The van der Waals surface area contributed by atoms with Crippen LogP contribution in [0.1, 0.15) is 45.6 Å². The molecule has 2 atom stereocenters. The molecule has 4 nitrogen and oxygen atoms in total. The van der Waals surface area contributed by atoms with Gasteiger partial charge in [-0.3, -0.25) is 0 Å². The third-order valence-corrected chi connectivity index (χ3v) is 5.31. The number of anilines is 1. The van der Waals surface area contributed by atoms with Crippen LogP contribution in [0.25, 0.3) is 0 Å². The van der Waals surface area contributed by atoms with E-state index in [2.05, 4.69) is 26.1 Å². The minimum Gasteiger partial charge on any atom is -0.382 e. The van der Waals surface area contributed by atoms with Gasteiger partial charge in [0.05, 0.1) is 4.90 Å². The molecule has 21 heavy (non-hydrogen) atoms. The molecule has 1 aromatic carbocycles. The van der Waals surface area contributed by atoms with Gasteiger partial charge in [0.2, 0.25) is 10.0 Å². The lowest BCUT2D eigenvalue weighted by molar-refractivity contribution is 0.178. The summed E-state index contributed by atoms with van der Waals surface area (Å²) in [4.78, 5) is 0.204. The molecule has 0 spiro atoms. The number of hydrogen-bond donors (Lipinski definition) is 2. The summed E-state index contributed by atoms with van der Waals surface area (Å²) in [6.07, 6.45) is 3.44. The van der Waals surface area contributed by atoms with Crippen molar-refractivity contribution < 1.29 is 8.42 Å². The zero-order valence-corrected chi connectivity index (χ0v) is 14.1. The van der Waals surface area contributed by atoms with Gasteiger partial charge in [-0.1, -0.05) is 26.8 Å². The summed E-state index contributed by atoms with van der Waals surface area (Å²) in [5, 5.41) is 8.76. The van der Waals surface area contributed by atoms with E-state index in [1.807, 2.05) is 6.07 Å². The van der Waals surface area contributed by atoms with Crippen LogP contribution in [0.15, 0.2) is 23.1 Å². The van der Waals surface area contributed by atoms with Gasteiger partial charge in [-0.15, -0.1) is 0 Å². The fourth-order valence-electron chi connectivity index (χ4n) is 3.69. The molecular weight excluding hydrogens is 284 g/mol. The quantitative estimate of drug-likeness (QED) is 0.900. The minimum atomic E-state index is -3.67. The van der Waals surface area contributed by atoms with E-state index in [0.29, 0.717) is 22.9 Å². The van der Waals surface area contributed by atoms with E-state index >= 15 is 0 Å². The van der Waals surface area contributed by atoms with Gasteiger partial charge in [0.25, 0.3) is 0 Å². The number of nitrogens with one attached hydrogen (secondary N) is 1. The summed E-state index contributed by atoms with van der Waals surface area (Å²) in [5.41, 5.74) is 1.84. The molecule has 1 aromatic rings. The van der Waals surface area contributed by atoms with Crippen LogP contribution in [0.3, 0.4) is 0 Å². The Balaban J connectivity index is 2.20. The normalized spacial score (nSPS) is 25.6.